The van der Waals surface area contributed by atoms with Crippen molar-refractivity contribution in [3.63, 3.8) is 0 Å². The van der Waals surface area contributed by atoms with Crippen LogP contribution in [0.2, 0.25) is 0 Å². The Morgan fingerprint density at radius 2 is 2.13 bits per heavy atom. The molecule has 1 N–H and O–H groups in total. The minimum Gasteiger partial charge on any atom is -0.490 e. The molecular formula is C25H26N2O4. The van der Waals surface area contributed by atoms with Gasteiger partial charge in [0, 0.05) is 23.5 Å². The predicted octanol–water partition coefficient (Wildman–Crippen LogP) is 5.07. The summed E-state index contributed by atoms with van der Waals surface area (Å²) in [7, 11) is 0. The molecule has 1 aliphatic carbocycles. The van der Waals surface area contributed by atoms with Gasteiger partial charge in [0.25, 0.3) is 0 Å². The summed E-state index contributed by atoms with van der Waals surface area (Å²) in [6.07, 6.45) is 5.05. The number of nitrogens with zero attached hydrogens (tertiary/aromatic N) is 2. The van der Waals surface area contributed by atoms with Crippen LogP contribution in [0.5, 0.6) is 11.5 Å². The SMILES string of the molecule is CC(C)Oc1ccc(COc2ccn3c4c(cc3c2)C(CC(=O)O)CCC4)cc1C#N. The number of benzene rings is 1. The second kappa shape index (κ2) is 8.73. The molecule has 0 bridgehead atoms. The normalized spacial score (nSPS) is 15.5. The van der Waals surface area contributed by atoms with Crippen LogP contribution in [0, 0.1) is 11.3 Å². The van der Waals surface area contributed by atoms with Gasteiger partial charge in [0.1, 0.15) is 24.2 Å². The van der Waals surface area contributed by atoms with Gasteiger partial charge < -0.3 is 19.0 Å². The predicted molar refractivity (Wildman–Crippen MR) is 117 cm³/mol. The third kappa shape index (κ3) is 4.51. The largest absolute Gasteiger partial charge is 0.490 e. The maximum absolute atomic E-state index is 11.2. The summed E-state index contributed by atoms with van der Waals surface area (Å²) in [6, 6.07) is 13.7. The second-order valence-electron chi connectivity index (χ2n) is 8.29. The Bertz CT molecular complexity index is 1160. The van der Waals surface area contributed by atoms with E-state index in [4.69, 9.17) is 9.47 Å². The highest BCUT2D eigenvalue weighted by Gasteiger charge is 2.25. The molecule has 1 atom stereocenters. The Labute approximate surface area is 181 Å². The molecule has 4 rings (SSSR count). The second-order valence-corrected chi connectivity index (χ2v) is 8.29. The number of carbonyl (C=O) groups is 1. The fourth-order valence-corrected chi connectivity index (χ4v) is 4.32. The molecule has 160 valence electrons. The highest BCUT2D eigenvalue weighted by atomic mass is 16.5. The number of hydrogen-bond donors (Lipinski definition) is 1. The summed E-state index contributed by atoms with van der Waals surface area (Å²) in [5, 5.41) is 18.6. The molecule has 0 fully saturated rings. The molecule has 0 saturated carbocycles. The van der Waals surface area contributed by atoms with Crippen LogP contribution in [0.4, 0.5) is 0 Å². The monoisotopic (exact) mass is 418 g/mol. The number of carboxylic acids is 1. The maximum Gasteiger partial charge on any atom is 0.303 e. The maximum atomic E-state index is 11.2. The van der Waals surface area contributed by atoms with E-state index >= 15 is 0 Å². The van der Waals surface area contributed by atoms with Crippen molar-refractivity contribution in [3.8, 4) is 17.6 Å². The van der Waals surface area contributed by atoms with Crippen LogP contribution in [0.25, 0.3) is 5.52 Å². The van der Waals surface area contributed by atoms with Gasteiger partial charge in [-0.3, -0.25) is 4.79 Å². The summed E-state index contributed by atoms with van der Waals surface area (Å²) in [6.45, 7) is 4.20. The smallest absolute Gasteiger partial charge is 0.303 e. The molecule has 0 saturated heterocycles. The summed E-state index contributed by atoms with van der Waals surface area (Å²) in [5.41, 5.74) is 4.75. The molecule has 6 nitrogen and oxygen atoms in total. The average Bonchev–Trinajstić information content (AvgIpc) is 3.11. The Balaban J connectivity index is 1.52. The molecule has 31 heavy (non-hydrogen) atoms. The van der Waals surface area contributed by atoms with Gasteiger partial charge in [-0.1, -0.05) is 6.07 Å². The molecule has 3 aromatic rings. The zero-order chi connectivity index (χ0) is 22.0. The topological polar surface area (TPSA) is 84.0 Å². The zero-order valence-corrected chi connectivity index (χ0v) is 17.8. The summed E-state index contributed by atoms with van der Waals surface area (Å²) in [5.74, 6) is 0.635. The molecule has 1 aromatic carbocycles. The molecule has 1 aliphatic rings. The Morgan fingerprint density at radius 1 is 1.29 bits per heavy atom. The quantitative estimate of drug-likeness (QED) is 0.579. The van der Waals surface area contributed by atoms with Crippen LogP contribution in [-0.2, 0) is 17.8 Å². The van der Waals surface area contributed by atoms with Gasteiger partial charge in [-0.25, -0.2) is 0 Å². The first-order valence-electron chi connectivity index (χ1n) is 10.6. The zero-order valence-electron chi connectivity index (χ0n) is 17.8. The molecule has 0 radical (unpaired) electrons. The third-order valence-electron chi connectivity index (χ3n) is 5.64. The van der Waals surface area contributed by atoms with E-state index in [1.54, 1.807) is 6.07 Å². The van der Waals surface area contributed by atoms with Gasteiger partial charge in [0.2, 0.25) is 0 Å². The molecular weight excluding hydrogens is 392 g/mol. The highest BCUT2D eigenvalue weighted by molar-refractivity contribution is 5.69. The first kappa shape index (κ1) is 20.8. The van der Waals surface area contributed by atoms with Crippen molar-refractivity contribution >= 4 is 11.5 Å². The van der Waals surface area contributed by atoms with E-state index in [1.165, 1.54) is 5.69 Å². The van der Waals surface area contributed by atoms with Crippen LogP contribution >= 0.6 is 0 Å². The van der Waals surface area contributed by atoms with Crippen LogP contribution in [0.3, 0.4) is 0 Å². The van der Waals surface area contributed by atoms with Crippen molar-refractivity contribution in [1.29, 1.82) is 5.26 Å². The van der Waals surface area contributed by atoms with Gasteiger partial charge in [0.05, 0.1) is 18.1 Å². The van der Waals surface area contributed by atoms with Gasteiger partial charge in [-0.05, 0) is 74.4 Å². The molecule has 2 aromatic heterocycles. The lowest BCUT2D eigenvalue weighted by Crippen LogP contribution is -2.13. The molecule has 0 aliphatic heterocycles. The molecule has 0 spiro atoms. The van der Waals surface area contributed by atoms with E-state index in [0.717, 1.165) is 41.7 Å². The van der Waals surface area contributed by atoms with Crippen molar-refractivity contribution in [3.05, 3.63) is 65.0 Å². The number of pyridine rings is 1. The molecule has 6 heteroatoms. The van der Waals surface area contributed by atoms with Gasteiger partial charge in [-0.15, -0.1) is 0 Å². The lowest BCUT2D eigenvalue weighted by atomic mass is 9.85. The third-order valence-corrected chi connectivity index (χ3v) is 5.64. The van der Waals surface area contributed by atoms with Gasteiger partial charge >= 0.3 is 5.97 Å². The van der Waals surface area contributed by atoms with E-state index in [9.17, 15) is 15.2 Å². The summed E-state index contributed by atoms with van der Waals surface area (Å²) < 4.78 is 13.8. The first-order chi connectivity index (χ1) is 14.9. The van der Waals surface area contributed by atoms with Gasteiger partial charge in [0.15, 0.2) is 0 Å². The van der Waals surface area contributed by atoms with E-state index in [-0.39, 0.29) is 18.4 Å². The fourth-order valence-electron chi connectivity index (χ4n) is 4.32. The Hall–Kier alpha value is -3.46. The standard InChI is InChI=1S/C25H26N2O4/c1-16(2)31-24-7-6-17(10-19(24)14-26)15-30-21-8-9-27-20(12-21)13-22-18(11-25(28)29)4-3-5-23(22)27/h6-10,12-13,16,18H,3-5,11,15H2,1-2H3,(H,28,29). The molecule has 1 unspecified atom stereocenters. The van der Waals surface area contributed by atoms with Gasteiger partial charge in [-0.2, -0.15) is 5.26 Å². The number of fused-ring (bicyclic) bond motifs is 3. The minimum atomic E-state index is -0.751. The van der Waals surface area contributed by atoms with Crippen molar-refractivity contribution in [1.82, 2.24) is 4.40 Å². The van der Waals surface area contributed by atoms with E-state index < -0.39 is 5.97 Å². The Kier molecular flexibility index (Phi) is 5.85. The molecule has 0 amide bonds. The number of aliphatic carboxylic acids is 1. The lowest BCUT2D eigenvalue weighted by molar-refractivity contribution is -0.137. The highest BCUT2D eigenvalue weighted by Crippen LogP contribution is 2.37. The van der Waals surface area contributed by atoms with Crippen molar-refractivity contribution in [2.45, 2.75) is 58.2 Å². The van der Waals surface area contributed by atoms with Crippen molar-refractivity contribution in [2.75, 3.05) is 0 Å². The number of aromatic nitrogens is 1. The molecule has 2 heterocycles. The fraction of sp³-hybridized carbons (Fsp3) is 0.360. The lowest BCUT2D eigenvalue weighted by Gasteiger charge is -2.21. The average molecular weight is 418 g/mol. The van der Waals surface area contributed by atoms with Crippen LogP contribution < -0.4 is 9.47 Å². The van der Waals surface area contributed by atoms with E-state index in [0.29, 0.717) is 17.9 Å². The Morgan fingerprint density at radius 3 is 2.87 bits per heavy atom. The van der Waals surface area contributed by atoms with Crippen LogP contribution in [-0.4, -0.2) is 21.6 Å². The minimum absolute atomic E-state index is 0.00360. The van der Waals surface area contributed by atoms with Crippen LogP contribution in [0.15, 0.2) is 42.6 Å². The number of aryl methyl sites for hydroxylation is 1. The van der Waals surface area contributed by atoms with Crippen molar-refractivity contribution in [2.24, 2.45) is 0 Å². The number of carboxylic acid groups (broad SMARTS) is 1. The number of rotatable bonds is 7. The number of ether oxygens (including phenoxy) is 2. The number of hydrogen-bond acceptors (Lipinski definition) is 4. The summed E-state index contributed by atoms with van der Waals surface area (Å²) in [4.78, 5) is 11.2. The van der Waals surface area contributed by atoms with Crippen LogP contribution in [0.1, 0.15) is 61.4 Å². The summed E-state index contributed by atoms with van der Waals surface area (Å²) >= 11 is 0. The van der Waals surface area contributed by atoms with E-state index in [2.05, 4.69) is 16.5 Å². The number of nitriles is 1. The van der Waals surface area contributed by atoms with E-state index in [1.807, 2.05) is 44.3 Å². The first-order valence-corrected chi connectivity index (χ1v) is 10.6. The van der Waals surface area contributed by atoms with Crippen molar-refractivity contribution < 1.29 is 19.4 Å².